The zero-order valence-corrected chi connectivity index (χ0v) is 19.4. The van der Waals surface area contributed by atoms with Gasteiger partial charge in [-0.2, -0.15) is 0 Å². The minimum absolute atomic E-state index is 0.229. The number of rotatable bonds is 10. The molecule has 1 heterocycles. The third-order valence-electron chi connectivity index (χ3n) is 5.56. The number of carbonyl (C=O) groups excluding carboxylic acids is 1. The minimum atomic E-state index is -0.229. The second kappa shape index (κ2) is 12.1. The van der Waals surface area contributed by atoms with E-state index in [4.69, 9.17) is 18.9 Å². The maximum absolute atomic E-state index is 12.8. The minimum Gasteiger partial charge on any atom is -0.493 e. The molecule has 1 aliphatic rings. The second-order valence-corrected chi connectivity index (χ2v) is 7.92. The van der Waals surface area contributed by atoms with Gasteiger partial charge in [0.1, 0.15) is 19.0 Å². The van der Waals surface area contributed by atoms with Gasteiger partial charge in [-0.05, 0) is 48.0 Å². The third kappa shape index (κ3) is 6.73. The predicted octanol–water partition coefficient (Wildman–Crippen LogP) is 4.24. The van der Waals surface area contributed by atoms with Gasteiger partial charge in [0.15, 0.2) is 11.5 Å². The van der Waals surface area contributed by atoms with Crippen LogP contribution in [0.2, 0.25) is 0 Å². The van der Waals surface area contributed by atoms with Gasteiger partial charge in [-0.1, -0.05) is 30.3 Å². The molecule has 178 valence electrons. The summed E-state index contributed by atoms with van der Waals surface area (Å²) in [4.78, 5) is 15.1. The molecule has 0 bridgehead atoms. The van der Waals surface area contributed by atoms with Crippen LogP contribution in [0.15, 0.2) is 72.8 Å². The second-order valence-electron chi connectivity index (χ2n) is 7.92. The van der Waals surface area contributed by atoms with Crippen molar-refractivity contribution in [3.8, 4) is 17.2 Å². The van der Waals surface area contributed by atoms with Gasteiger partial charge in [-0.3, -0.25) is 9.69 Å². The van der Waals surface area contributed by atoms with E-state index >= 15 is 0 Å². The van der Waals surface area contributed by atoms with Crippen LogP contribution in [0, 0.1) is 0 Å². The molecule has 7 nitrogen and oxygen atoms in total. The molecule has 3 aromatic rings. The number of anilines is 1. The molecule has 1 N–H and O–H groups in total. The highest BCUT2D eigenvalue weighted by molar-refractivity contribution is 6.04. The highest BCUT2D eigenvalue weighted by Crippen LogP contribution is 2.29. The lowest BCUT2D eigenvalue weighted by atomic mass is 10.1. The molecule has 1 aliphatic heterocycles. The van der Waals surface area contributed by atoms with Crippen LogP contribution in [0.4, 0.5) is 5.69 Å². The largest absolute Gasteiger partial charge is 0.493 e. The molecule has 34 heavy (non-hydrogen) atoms. The molecule has 0 atom stereocenters. The van der Waals surface area contributed by atoms with Crippen LogP contribution in [0.25, 0.3) is 0 Å². The van der Waals surface area contributed by atoms with Gasteiger partial charge in [0.05, 0.1) is 20.3 Å². The summed E-state index contributed by atoms with van der Waals surface area (Å²) >= 11 is 0. The standard InChI is InChI=1S/C27H30N2O5/c1-31-25-12-7-22(19-26(25)34-20-21-5-3-2-4-6-21)27(30)28-23-8-10-24(11-9-23)33-18-15-29-13-16-32-17-14-29/h2-12,19H,13-18,20H2,1H3,(H,28,30). The quantitative estimate of drug-likeness (QED) is 0.486. The van der Waals surface area contributed by atoms with Crippen molar-refractivity contribution >= 4 is 11.6 Å². The fourth-order valence-electron chi connectivity index (χ4n) is 3.62. The molecule has 7 heteroatoms. The molecule has 3 aromatic carbocycles. The van der Waals surface area contributed by atoms with Crippen molar-refractivity contribution in [3.63, 3.8) is 0 Å². The third-order valence-corrected chi connectivity index (χ3v) is 5.56. The molecule has 0 aromatic heterocycles. The number of morpholine rings is 1. The van der Waals surface area contributed by atoms with Crippen molar-refractivity contribution in [1.82, 2.24) is 4.90 Å². The smallest absolute Gasteiger partial charge is 0.255 e. The van der Waals surface area contributed by atoms with Crippen LogP contribution >= 0.6 is 0 Å². The van der Waals surface area contributed by atoms with E-state index in [0.717, 1.165) is 44.2 Å². The average molecular weight is 463 g/mol. The first-order chi connectivity index (χ1) is 16.7. The number of amides is 1. The Labute approximate surface area is 200 Å². The van der Waals surface area contributed by atoms with Crippen LogP contribution in [-0.2, 0) is 11.3 Å². The molecule has 1 amide bonds. The molecular formula is C27H30N2O5. The molecule has 1 fully saturated rings. The number of carbonyl (C=O) groups is 1. The van der Waals surface area contributed by atoms with E-state index in [1.165, 1.54) is 0 Å². The zero-order valence-electron chi connectivity index (χ0n) is 19.4. The lowest BCUT2D eigenvalue weighted by Gasteiger charge is -2.26. The molecular weight excluding hydrogens is 432 g/mol. The van der Waals surface area contributed by atoms with E-state index in [1.807, 2.05) is 54.6 Å². The number of methoxy groups -OCH3 is 1. The van der Waals surface area contributed by atoms with Gasteiger partial charge in [0.25, 0.3) is 5.91 Å². The number of hydrogen-bond acceptors (Lipinski definition) is 6. The van der Waals surface area contributed by atoms with Crippen LogP contribution in [0.3, 0.4) is 0 Å². The van der Waals surface area contributed by atoms with Crippen molar-refractivity contribution in [2.24, 2.45) is 0 Å². The molecule has 0 radical (unpaired) electrons. The van der Waals surface area contributed by atoms with Gasteiger partial charge in [-0.25, -0.2) is 0 Å². The van der Waals surface area contributed by atoms with Crippen LogP contribution in [0.1, 0.15) is 15.9 Å². The lowest BCUT2D eigenvalue weighted by molar-refractivity contribution is 0.0322. The maximum Gasteiger partial charge on any atom is 0.255 e. The predicted molar refractivity (Wildman–Crippen MR) is 131 cm³/mol. The Kier molecular flexibility index (Phi) is 8.38. The average Bonchev–Trinajstić information content (AvgIpc) is 2.89. The summed E-state index contributed by atoms with van der Waals surface area (Å²) in [7, 11) is 1.58. The van der Waals surface area contributed by atoms with Crippen LogP contribution in [0.5, 0.6) is 17.2 Å². The lowest BCUT2D eigenvalue weighted by Crippen LogP contribution is -2.38. The van der Waals surface area contributed by atoms with E-state index in [9.17, 15) is 4.79 Å². The van der Waals surface area contributed by atoms with Crippen molar-refractivity contribution in [3.05, 3.63) is 83.9 Å². The summed E-state index contributed by atoms with van der Waals surface area (Å²) in [6.45, 7) is 5.32. The summed E-state index contributed by atoms with van der Waals surface area (Å²) in [6.07, 6.45) is 0. The van der Waals surface area contributed by atoms with Crippen molar-refractivity contribution in [2.75, 3.05) is 51.9 Å². The number of benzene rings is 3. The molecule has 0 aliphatic carbocycles. The summed E-state index contributed by atoms with van der Waals surface area (Å²) in [5.74, 6) is 1.63. The summed E-state index contributed by atoms with van der Waals surface area (Å²) in [5.41, 5.74) is 2.20. The highest BCUT2D eigenvalue weighted by Gasteiger charge is 2.13. The summed E-state index contributed by atoms with van der Waals surface area (Å²) in [6, 6.07) is 22.4. The van der Waals surface area contributed by atoms with E-state index in [2.05, 4.69) is 10.2 Å². The Morgan fingerprint density at radius 3 is 2.44 bits per heavy atom. The topological polar surface area (TPSA) is 69.3 Å². The summed E-state index contributed by atoms with van der Waals surface area (Å²) < 4.78 is 22.5. The Bertz CT molecular complexity index is 1050. The van der Waals surface area contributed by atoms with Gasteiger partial charge in [0, 0.05) is 30.9 Å². The van der Waals surface area contributed by atoms with Gasteiger partial charge in [0.2, 0.25) is 0 Å². The highest BCUT2D eigenvalue weighted by atomic mass is 16.5. The zero-order chi connectivity index (χ0) is 23.6. The van der Waals surface area contributed by atoms with Crippen molar-refractivity contribution in [2.45, 2.75) is 6.61 Å². The Morgan fingerprint density at radius 1 is 0.941 bits per heavy atom. The SMILES string of the molecule is COc1ccc(C(=O)Nc2ccc(OCCN3CCOCC3)cc2)cc1OCc1ccccc1. The monoisotopic (exact) mass is 462 g/mol. The van der Waals surface area contributed by atoms with E-state index in [-0.39, 0.29) is 5.91 Å². The fourth-order valence-corrected chi connectivity index (χ4v) is 3.62. The van der Waals surface area contributed by atoms with Gasteiger partial charge < -0.3 is 24.3 Å². The van der Waals surface area contributed by atoms with Gasteiger partial charge in [-0.15, -0.1) is 0 Å². The summed E-state index contributed by atoms with van der Waals surface area (Å²) in [5, 5.41) is 2.92. The molecule has 1 saturated heterocycles. The molecule has 0 saturated carbocycles. The number of hydrogen-bond donors (Lipinski definition) is 1. The normalized spacial score (nSPS) is 13.8. The van der Waals surface area contributed by atoms with E-state index in [1.54, 1.807) is 25.3 Å². The van der Waals surface area contributed by atoms with Crippen LogP contribution in [-0.4, -0.2) is 57.4 Å². The first kappa shape index (κ1) is 23.6. The Hall–Kier alpha value is -3.55. The van der Waals surface area contributed by atoms with E-state index in [0.29, 0.717) is 36.0 Å². The Balaban J connectivity index is 1.31. The van der Waals surface area contributed by atoms with Crippen molar-refractivity contribution in [1.29, 1.82) is 0 Å². The van der Waals surface area contributed by atoms with E-state index < -0.39 is 0 Å². The molecule has 4 rings (SSSR count). The van der Waals surface area contributed by atoms with Gasteiger partial charge >= 0.3 is 0 Å². The number of nitrogens with one attached hydrogen (secondary N) is 1. The first-order valence-electron chi connectivity index (χ1n) is 11.4. The molecule has 0 unspecified atom stereocenters. The molecule has 0 spiro atoms. The number of ether oxygens (including phenoxy) is 4. The Morgan fingerprint density at radius 2 is 1.71 bits per heavy atom. The number of nitrogens with zero attached hydrogens (tertiary/aromatic N) is 1. The maximum atomic E-state index is 12.8. The fraction of sp³-hybridized carbons (Fsp3) is 0.296. The first-order valence-corrected chi connectivity index (χ1v) is 11.4. The van der Waals surface area contributed by atoms with Crippen LogP contribution < -0.4 is 19.5 Å². The van der Waals surface area contributed by atoms with Crippen molar-refractivity contribution < 1.29 is 23.7 Å².